The smallest absolute Gasteiger partial charge is 0.120 e. The Morgan fingerprint density at radius 3 is 2.95 bits per heavy atom. The van der Waals surface area contributed by atoms with E-state index in [0.717, 1.165) is 18.0 Å². The van der Waals surface area contributed by atoms with E-state index in [1.807, 2.05) is 11.6 Å². The van der Waals surface area contributed by atoms with Crippen molar-refractivity contribution >= 4 is 11.3 Å². The van der Waals surface area contributed by atoms with Crippen molar-refractivity contribution in [2.45, 2.75) is 38.8 Å². The molecule has 0 saturated heterocycles. The SMILES string of the molecule is CCNC(c1cccc(OC2CC2)c1)c1scnc1C. The van der Waals surface area contributed by atoms with E-state index >= 15 is 0 Å². The highest BCUT2D eigenvalue weighted by molar-refractivity contribution is 7.09. The van der Waals surface area contributed by atoms with E-state index in [1.165, 1.54) is 23.3 Å². The molecule has 0 bridgehead atoms. The Balaban J connectivity index is 1.88. The van der Waals surface area contributed by atoms with E-state index < -0.39 is 0 Å². The van der Waals surface area contributed by atoms with Crippen LogP contribution in [0.4, 0.5) is 0 Å². The van der Waals surface area contributed by atoms with Crippen LogP contribution in [0.3, 0.4) is 0 Å². The van der Waals surface area contributed by atoms with Crippen LogP contribution in [0, 0.1) is 6.92 Å². The van der Waals surface area contributed by atoms with Crippen LogP contribution >= 0.6 is 11.3 Å². The minimum Gasteiger partial charge on any atom is -0.490 e. The standard InChI is InChI=1S/C16H20N2OS/c1-3-17-15(16-11(2)18-10-20-16)12-5-4-6-14(9-12)19-13-7-8-13/h4-6,9-10,13,15,17H,3,7-8H2,1-2H3. The molecule has 1 heterocycles. The average Bonchev–Trinajstić information content (AvgIpc) is 3.16. The summed E-state index contributed by atoms with van der Waals surface area (Å²) in [6, 6.07) is 8.64. The third-order valence-electron chi connectivity index (χ3n) is 3.47. The van der Waals surface area contributed by atoms with Crippen LogP contribution in [0.1, 0.15) is 41.9 Å². The number of aryl methyl sites for hydroxylation is 1. The number of nitrogens with zero attached hydrogens (tertiary/aromatic N) is 1. The zero-order valence-electron chi connectivity index (χ0n) is 11.9. The van der Waals surface area contributed by atoms with Crippen molar-refractivity contribution in [2.75, 3.05) is 6.54 Å². The Bertz CT molecular complexity index is 577. The maximum absolute atomic E-state index is 5.90. The molecule has 106 valence electrons. The van der Waals surface area contributed by atoms with Crippen LogP contribution in [-0.2, 0) is 0 Å². The molecule has 4 heteroatoms. The third kappa shape index (κ3) is 3.02. The number of hydrogen-bond donors (Lipinski definition) is 1. The van der Waals surface area contributed by atoms with Crippen LogP contribution in [0.2, 0.25) is 0 Å². The molecule has 3 rings (SSSR count). The molecular weight excluding hydrogens is 268 g/mol. The second kappa shape index (κ2) is 5.94. The second-order valence-electron chi connectivity index (χ2n) is 5.18. The molecule has 1 N–H and O–H groups in total. The van der Waals surface area contributed by atoms with Gasteiger partial charge in [-0.15, -0.1) is 11.3 Å². The predicted molar refractivity (Wildman–Crippen MR) is 82.5 cm³/mol. The van der Waals surface area contributed by atoms with Crippen molar-refractivity contribution in [3.63, 3.8) is 0 Å². The highest BCUT2D eigenvalue weighted by atomic mass is 32.1. The molecule has 1 aromatic carbocycles. The van der Waals surface area contributed by atoms with Gasteiger partial charge < -0.3 is 10.1 Å². The summed E-state index contributed by atoms with van der Waals surface area (Å²) in [4.78, 5) is 5.66. The van der Waals surface area contributed by atoms with Gasteiger partial charge in [0, 0.05) is 4.88 Å². The van der Waals surface area contributed by atoms with Gasteiger partial charge in [0.05, 0.1) is 23.4 Å². The normalized spacial score (nSPS) is 16.1. The number of aromatic nitrogens is 1. The molecular formula is C16H20N2OS. The monoisotopic (exact) mass is 288 g/mol. The lowest BCUT2D eigenvalue weighted by Crippen LogP contribution is -2.21. The van der Waals surface area contributed by atoms with Crippen LogP contribution in [0.5, 0.6) is 5.75 Å². The zero-order valence-corrected chi connectivity index (χ0v) is 12.7. The first-order valence-corrected chi connectivity index (χ1v) is 8.06. The lowest BCUT2D eigenvalue weighted by Gasteiger charge is -2.18. The van der Waals surface area contributed by atoms with Gasteiger partial charge in [-0.2, -0.15) is 0 Å². The molecule has 20 heavy (non-hydrogen) atoms. The Morgan fingerprint density at radius 2 is 2.30 bits per heavy atom. The van der Waals surface area contributed by atoms with Gasteiger partial charge in [-0.05, 0) is 44.0 Å². The predicted octanol–water partition coefficient (Wildman–Crippen LogP) is 3.69. The average molecular weight is 288 g/mol. The van der Waals surface area contributed by atoms with Gasteiger partial charge in [-0.25, -0.2) is 4.98 Å². The van der Waals surface area contributed by atoms with E-state index in [2.05, 4.69) is 42.3 Å². The first-order chi connectivity index (χ1) is 9.78. The molecule has 1 aliphatic rings. The molecule has 0 amide bonds. The highest BCUT2D eigenvalue weighted by Crippen LogP contribution is 2.32. The zero-order chi connectivity index (χ0) is 13.9. The number of rotatable bonds is 6. The number of hydrogen-bond acceptors (Lipinski definition) is 4. The maximum atomic E-state index is 5.90. The van der Waals surface area contributed by atoms with Gasteiger partial charge in [0.1, 0.15) is 5.75 Å². The Hall–Kier alpha value is -1.39. The fourth-order valence-corrected chi connectivity index (χ4v) is 3.20. The van der Waals surface area contributed by atoms with Crippen LogP contribution in [-0.4, -0.2) is 17.6 Å². The first kappa shape index (κ1) is 13.6. The van der Waals surface area contributed by atoms with E-state index in [4.69, 9.17) is 4.74 Å². The number of nitrogens with one attached hydrogen (secondary N) is 1. The van der Waals surface area contributed by atoms with Gasteiger partial charge in [-0.1, -0.05) is 19.1 Å². The summed E-state index contributed by atoms with van der Waals surface area (Å²) >= 11 is 1.71. The Labute approximate surface area is 124 Å². The third-order valence-corrected chi connectivity index (χ3v) is 4.47. The van der Waals surface area contributed by atoms with E-state index in [0.29, 0.717) is 6.10 Å². The number of thiazole rings is 1. The molecule has 0 radical (unpaired) electrons. The van der Waals surface area contributed by atoms with Crippen molar-refractivity contribution in [1.29, 1.82) is 0 Å². The summed E-state index contributed by atoms with van der Waals surface area (Å²) in [5.74, 6) is 0.982. The van der Waals surface area contributed by atoms with Gasteiger partial charge in [0.2, 0.25) is 0 Å². The summed E-state index contributed by atoms with van der Waals surface area (Å²) in [7, 11) is 0. The molecule has 3 nitrogen and oxygen atoms in total. The van der Waals surface area contributed by atoms with Gasteiger partial charge in [0.15, 0.2) is 0 Å². The molecule has 1 fully saturated rings. The van der Waals surface area contributed by atoms with E-state index in [1.54, 1.807) is 11.3 Å². The molecule has 1 aromatic heterocycles. The first-order valence-electron chi connectivity index (χ1n) is 7.18. The van der Waals surface area contributed by atoms with Crippen molar-refractivity contribution in [3.8, 4) is 5.75 Å². The maximum Gasteiger partial charge on any atom is 0.120 e. The summed E-state index contributed by atoms with van der Waals surface area (Å²) in [6.07, 6.45) is 2.82. The van der Waals surface area contributed by atoms with Crippen LogP contribution in [0.25, 0.3) is 0 Å². The van der Waals surface area contributed by atoms with Crippen LogP contribution in [0.15, 0.2) is 29.8 Å². The van der Waals surface area contributed by atoms with Gasteiger partial charge in [-0.3, -0.25) is 0 Å². The van der Waals surface area contributed by atoms with Gasteiger partial charge >= 0.3 is 0 Å². The fourth-order valence-electron chi connectivity index (χ4n) is 2.30. The fraction of sp³-hybridized carbons (Fsp3) is 0.438. The molecule has 1 aliphatic carbocycles. The van der Waals surface area contributed by atoms with Crippen molar-refractivity contribution in [2.24, 2.45) is 0 Å². The second-order valence-corrected chi connectivity index (χ2v) is 6.07. The quantitative estimate of drug-likeness (QED) is 0.880. The minimum absolute atomic E-state index is 0.204. The molecule has 1 saturated carbocycles. The molecule has 1 atom stereocenters. The van der Waals surface area contributed by atoms with E-state index in [-0.39, 0.29) is 6.04 Å². The van der Waals surface area contributed by atoms with Crippen LogP contribution < -0.4 is 10.1 Å². The highest BCUT2D eigenvalue weighted by Gasteiger charge is 2.24. The molecule has 0 aliphatic heterocycles. The number of ether oxygens (including phenoxy) is 1. The minimum atomic E-state index is 0.204. The summed E-state index contributed by atoms with van der Waals surface area (Å²) in [6.45, 7) is 5.13. The lowest BCUT2D eigenvalue weighted by atomic mass is 10.0. The Morgan fingerprint density at radius 1 is 1.45 bits per heavy atom. The summed E-state index contributed by atoms with van der Waals surface area (Å²) in [5.41, 5.74) is 4.27. The van der Waals surface area contributed by atoms with Gasteiger partial charge in [0.25, 0.3) is 0 Å². The lowest BCUT2D eigenvalue weighted by molar-refractivity contribution is 0.302. The summed E-state index contributed by atoms with van der Waals surface area (Å²) < 4.78 is 5.90. The number of benzene rings is 1. The molecule has 0 spiro atoms. The topological polar surface area (TPSA) is 34.1 Å². The van der Waals surface area contributed by atoms with Crippen molar-refractivity contribution in [3.05, 3.63) is 45.9 Å². The van der Waals surface area contributed by atoms with Crippen molar-refractivity contribution in [1.82, 2.24) is 10.3 Å². The van der Waals surface area contributed by atoms with E-state index in [9.17, 15) is 0 Å². The Kier molecular flexibility index (Phi) is 4.03. The largest absolute Gasteiger partial charge is 0.490 e. The summed E-state index contributed by atoms with van der Waals surface area (Å²) in [5, 5.41) is 3.55. The van der Waals surface area contributed by atoms with Crippen molar-refractivity contribution < 1.29 is 4.74 Å². The molecule has 1 unspecified atom stereocenters. The molecule has 2 aromatic rings.